The number of fused-ring (bicyclic) bond motifs is 2. The van der Waals surface area contributed by atoms with E-state index < -0.39 is 0 Å². The summed E-state index contributed by atoms with van der Waals surface area (Å²) in [5.74, 6) is 1.58. The molecule has 4 aromatic rings. The van der Waals surface area contributed by atoms with Gasteiger partial charge in [-0.05, 0) is 34.5 Å². The number of para-hydroxylation sites is 1. The predicted molar refractivity (Wildman–Crippen MR) is 109 cm³/mol. The molecule has 7 heteroatoms. The predicted octanol–water partition coefficient (Wildman–Crippen LogP) is 2.97. The summed E-state index contributed by atoms with van der Waals surface area (Å²) in [6.07, 6.45) is 0. The number of pyridine rings is 1. The Morgan fingerprint density at radius 2 is 1.93 bits per heavy atom. The van der Waals surface area contributed by atoms with Gasteiger partial charge in [0.05, 0.1) is 18.6 Å². The van der Waals surface area contributed by atoms with Crippen LogP contribution in [0.3, 0.4) is 0 Å². The number of aryl methyl sites for hydroxylation is 1. The highest BCUT2D eigenvalue weighted by atomic mass is 16.5. The zero-order valence-electron chi connectivity index (χ0n) is 16.3. The molecule has 0 saturated heterocycles. The lowest BCUT2D eigenvalue weighted by Crippen LogP contribution is -2.27. The first-order valence-corrected chi connectivity index (χ1v) is 9.79. The Morgan fingerprint density at radius 1 is 1.03 bits per heavy atom. The van der Waals surface area contributed by atoms with Gasteiger partial charge in [0.25, 0.3) is 0 Å². The van der Waals surface area contributed by atoms with Crippen LogP contribution >= 0.6 is 0 Å². The van der Waals surface area contributed by atoms with Crippen LogP contribution in [0.5, 0.6) is 5.88 Å². The summed E-state index contributed by atoms with van der Waals surface area (Å²) in [5.41, 5.74) is 4.45. The molecular weight excluding hydrogens is 364 g/mol. The summed E-state index contributed by atoms with van der Waals surface area (Å²) < 4.78 is 7.84. The van der Waals surface area contributed by atoms with Gasteiger partial charge in [-0.2, -0.15) is 0 Å². The number of hydrogen-bond donors (Lipinski definition) is 0. The Balaban J connectivity index is 1.38. The van der Waals surface area contributed by atoms with Crippen molar-refractivity contribution in [3.05, 3.63) is 77.1 Å². The van der Waals surface area contributed by atoms with E-state index in [0.717, 1.165) is 46.8 Å². The average Bonchev–Trinajstić information content (AvgIpc) is 3.05. The summed E-state index contributed by atoms with van der Waals surface area (Å²) in [5, 5.41) is 13.5. The standard InChI is InChI=1S/C22H22N6O/c1-16-6-5-9-18-12-19-14-27(10-11-29-22(19)23-21(16)18)15-20-24-25-26-28(20)13-17-7-3-2-4-8-17/h2-9,12H,10-11,13-15H2,1H3. The Hall–Kier alpha value is -3.32. The third-order valence-electron chi connectivity index (χ3n) is 5.27. The van der Waals surface area contributed by atoms with E-state index >= 15 is 0 Å². The lowest BCUT2D eigenvalue weighted by molar-refractivity contribution is 0.211. The molecule has 1 aliphatic rings. The first-order chi connectivity index (χ1) is 14.3. The second-order valence-electron chi connectivity index (χ2n) is 7.40. The minimum Gasteiger partial charge on any atom is -0.476 e. The van der Waals surface area contributed by atoms with Gasteiger partial charge >= 0.3 is 0 Å². The van der Waals surface area contributed by atoms with Crippen LogP contribution in [0.2, 0.25) is 0 Å². The molecule has 2 aromatic heterocycles. The molecule has 1 aliphatic heterocycles. The van der Waals surface area contributed by atoms with Crippen molar-refractivity contribution in [1.29, 1.82) is 0 Å². The van der Waals surface area contributed by atoms with Gasteiger partial charge in [-0.25, -0.2) is 9.67 Å². The molecule has 0 N–H and O–H groups in total. The number of benzene rings is 2. The molecule has 0 atom stereocenters. The number of rotatable bonds is 4. The Morgan fingerprint density at radius 3 is 2.83 bits per heavy atom. The van der Waals surface area contributed by atoms with E-state index in [-0.39, 0.29) is 0 Å². The number of hydrogen-bond acceptors (Lipinski definition) is 6. The molecule has 0 amide bonds. The summed E-state index contributed by atoms with van der Waals surface area (Å²) >= 11 is 0. The molecule has 3 heterocycles. The molecule has 5 rings (SSSR count). The first-order valence-electron chi connectivity index (χ1n) is 9.79. The summed E-state index contributed by atoms with van der Waals surface area (Å²) in [4.78, 5) is 7.09. The highest BCUT2D eigenvalue weighted by Crippen LogP contribution is 2.27. The van der Waals surface area contributed by atoms with Crippen molar-refractivity contribution in [2.45, 2.75) is 26.6 Å². The SMILES string of the molecule is Cc1cccc2cc3c(nc12)OCCN(Cc1nnnn1Cc1ccccc1)C3. The lowest BCUT2D eigenvalue weighted by Gasteiger charge is -2.18. The van der Waals surface area contributed by atoms with Crippen LogP contribution in [-0.4, -0.2) is 43.2 Å². The van der Waals surface area contributed by atoms with E-state index in [9.17, 15) is 0 Å². The van der Waals surface area contributed by atoms with E-state index in [0.29, 0.717) is 19.7 Å². The van der Waals surface area contributed by atoms with Crippen LogP contribution in [-0.2, 0) is 19.6 Å². The highest BCUT2D eigenvalue weighted by Gasteiger charge is 2.20. The molecule has 0 radical (unpaired) electrons. The van der Waals surface area contributed by atoms with Crippen LogP contribution in [0.1, 0.15) is 22.5 Å². The summed E-state index contributed by atoms with van der Waals surface area (Å²) in [7, 11) is 0. The maximum atomic E-state index is 5.98. The minimum atomic E-state index is 0.595. The van der Waals surface area contributed by atoms with E-state index in [4.69, 9.17) is 9.72 Å². The van der Waals surface area contributed by atoms with Crippen molar-refractivity contribution in [2.24, 2.45) is 0 Å². The fourth-order valence-electron chi connectivity index (χ4n) is 3.75. The normalized spacial score (nSPS) is 14.4. The molecule has 2 aromatic carbocycles. The van der Waals surface area contributed by atoms with Crippen LogP contribution in [0.4, 0.5) is 0 Å². The van der Waals surface area contributed by atoms with Gasteiger partial charge in [0.2, 0.25) is 5.88 Å². The molecule has 0 fully saturated rings. The van der Waals surface area contributed by atoms with Crippen molar-refractivity contribution < 1.29 is 4.74 Å². The van der Waals surface area contributed by atoms with Crippen molar-refractivity contribution in [3.8, 4) is 5.88 Å². The second kappa shape index (κ2) is 7.60. The molecule has 0 saturated carbocycles. The Labute approximate surface area is 168 Å². The number of tetrazole rings is 1. The third kappa shape index (κ3) is 3.69. The quantitative estimate of drug-likeness (QED) is 0.537. The van der Waals surface area contributed by atoms with Crippen LogP contribution in [0.25, 0.3) is 10.9 Å². The van der Waals surface area contributed by atoms with Gasteiger partial charge in [0.15, 0.2) is 5.82 Å². The maximum absolute atomic E-state index is 5.98. The van der Waals surface area contributed by atoms with Crippen molar-refractivity contribution >= 4 is 10.9 Å². The van der Waals surface area contributed by atoms with Crippen LogP contribution in [0, 0.1) is 6.92 Å². The van der Waals surface area contributed by atoms with E-state index in [2.05, 4.69) is 63.7 Å². The van der Waals surface area contributed by atoms with Crippen LogP contribution in [0.15, 0.2) is 54.6 Å². The van der Waals surface area contributed by atoms with E-state index in [1.54, 1.807) is 0 Å². The van der Waals surface area contributed by atoms with Gasteiger partial charge in [-0.15, -0.1) is 5.10 Å². The van der Waals surface area contributed by atoms with Gasteiger partial charge in [0, 0.05) is 24.0 Å². The topological polar surface area (TPSA) is 69.0 Å². The average molecular weight is 386 g/mol. The van der Waals surface area contributed by atoms with Crippen molar-refractivity contribution in [2.75, 3.05) is 13.2 Å². The monoisotopic (exact) mass is 386 g/mol. The summed E-state index contributed by atoms with van der Waals surface area (Å²) in [6.45, 7) is 5.55. The third-order valence-corrected chi connectivity index (χ3v) is 5.27. The summed E-state index contributed by atoms with van der Waals surface area (Å²) in [6, 6.07) is 18.7. The molecule has 0 bridgehead atoms. The Kier molecular flexibility index (Phi) is 4.65. The largest absolute Gasteiger partial charge is 0.476 e. The highest BCUT2D eigenvalue weighted by molar-refractivity contribution is 5.83. The van der Waals surface area contributed by atoms with Gasteiger partial charge in [0.1, 0.15) is 6.61 Å². The maximum Gasteiger partial charge on any atom is 0.218 e. The molecule has 0 spiro atoms. The van der Waals surface area contributed by atoms with Gasteiger partial charge < -0.3 is 4.74 Å². The van der Waals surface area contributed by atoms with Gasteiger partial charge in [-0.3, -0.25) is 4.90 Å². The molecule has 29 heavy (non-hydrogen) atoms. The number of aromatic nitrogens is 5. The number of nitrogens with zero attached hydrogens (tertiary/aromatic N) is 6. The lowest BCUT2D eigenvalue weighted by atomic mass is 10.1. The second-order valence-corrected chi connectivity index (χ2v) is 7.40. The molecule has 146 valence electrons. The van der Waals surface area contributed by atoms with Crippen molar-refractivity contribution in [3.63, 3.8) is 0 Å². The van der Waals surface area contributed by atoms with Crippen molar-refractivity contribution in [1.82, 2.24) is 30.1 Å². The fraction of sp³-hybridized carbons (Fsp3) is 0.273. The van der Waals surface area contributed by atoms with Gasteiger partial charge in [-0.1, -0.05) is 48.5 Å². The first kappa shape index (κ1) is 17.8. The molecule has 0 aliphatic carbocycles. The zero-order chi connectivity index (χ0) is 19.6. The van der Waals surface area contributed by atoms with Crippen LogP contribution < -0.4 is 4.74 Å². The zero-order valence-corrected chi connectivity index (χ0v) is 16.3. The molecule has 0 unspecified atom stereocenters. The molecular formula is C22H22N6O. The fourth-order valence-corrected chi connectivity index (χ4v) is 3.75. The van der Waals surface area contributed by atoms with E-state index in [1.807, 2.05) is 22.9 Å². The Bertz CT molecular complexity index is 1140. The minimum absolute atomic E-state index is 0.595. The smallest absolute Gasteiger partial charge is 0.218 e. The molecule has 7 nitrogen and oxygen atoms in total. The number of ether oxygens (including phenoxy) is 1. The van der Waals surface area contributed by atoms with E-state index in [1.165, 1.54) is 5.56 Å².